The van der Waals surface area contributed by atoms with Gasteiger partial charge in [-0.05, 0) is 37.1 Å². The summed E-state index contributed by atoms with van der Waals surface area (Å²) in [5.74, 6) is 1.12. The summed E-state index contributed by atoms with van der Waals surface area (Å²) in [5.41, 5.74) is 3.24. The number of nitrogens with one attached hydrogen (secondary N) is 1. The van der Waals surface area contributed by atoms with Crippen molar-refractivity contribution in [3.05, 3.63) is 60.0 Å². The van der Waals surface area contributed by atoms with E-state index in [1.807, 2.05) is 24.4 Å². The maximum Gasteiger partial charge on any atom is 0.160 e. The molecule has 0 saturated carbocycles. The van der Waals surface area contributed by atoms with Crippen LogP contribution < -0.4 is 5.32 Å². The summed E-state index contributed by atoms with van der Waals surface area (Å²) >= 11 is 0. The Morgan fingerprint density at radius 2 is 2.05 bits per heavy atom. The molecule has 1 aromatic carbocycles. The van der Waals surface area contributed by atoms with Gasteiger partial charge in [0.25, 0.3) is 0 Å². The molecule has 4 heteroatoms. The minimum Gasteiger partial charge on any atom is -0.307 e. The minimum absolute atomic E-state index is 0.350. The smallest absolute Gasteiger partial charge is 0.160 e. The van der Waals surface area contributed by atoms with Gasteiger partial charge in [0.15, 0.2) is 5.65 Å². The van der Waals surface area contributed by atoms with Crippen molar-refractivity contribution >= 4 is 11.2 Å². The molecule has 1 atom stereocenters. The molecule has 3 heterocycles. The summed E-state index contributed by atoms with van der Waals surface area (Å²) in [6.45, 7) is 1.90. The predicted molar refractivity (Wildman–Crippen MR) is 83.0 cm³/mol. The fourth-order valence-electron chi connectivity index (χ4n) is 3.07. The van der Waals surface area contributed by atoms with Crippen molar-refractivity contribution in [2.24, 2.45) is 0 Å². The lowest BCUT2D eigenvalue weighted by atomic mass is 10.2. The topological polar surface area (TPSA) is 42.7 Å². The van der Waals surface area contributed by atoms with Gasteiger partial charge in [-0.1, -0.05) is 30.3 Å². The molecular weight excluding hydrogens is 260 g/mol. The maximum atomic E-state index is 4.83. The van der Waals surface area contributed by atoms with E-state index < -0.39 is 0 Å². The standard InChI is InChI=1S/C17H18N4/c1-2-6-13(7-3-1)12-21-16-15(9-5-11-19-16)20-17(21)14-8-4-10-18-14/h1-3,5-7,9,11,14,18H,4,8,10,12H2. The number of aromatic nitrogens is 3. The van der Waals surface area contributed by atoms with E-state index in [0.717, 1.165) is 36.5 Å². The molecule has 106 valence electrons. The van der Waals surface area contributed by atoms with Crippen LogP contribution in [0.15, 0.2) is 48.7 Å². The molecule has 21 heavy (non-hydrogen) atoms. The largest absolute Gasteiger partial charge is 0.307 e. The highest BCUT2D eigenvalue weighted by atomic mass is 15.2. The molecule has 3 aromatic rings. The van der Waals surface area contributed by atoms with E-state index in [0.29, 0.717) is 6.04 Å². The first-order chi connectivity index (χ1) is 10.4. The van der Waals surface area contributed by atoms with Crippen LogP contribution in [0.3, 0.4) is 0 Å². The fraction of sp³-hybridized carbons (Fsp3) is 0.294. The minimum atomic E-state index is 0.350. The molecule has 4 rings (SSSR count). The lowest BCUT2D eigenvalue weighted by molar-refractivity contribution is 0.570. The van der Waals surface area contributed by atoms with Crippen LogP contribution in [0.1, 0.15) is 30.3 Å². The third kappa shape index (κ3) is 2.32. The van der Waals surface area contributed by atoms with Crippen LogP contribution in [-0.2, 0) is 6.54 Å². The number of imidazole rings is 1. The number of nitrogens with zero attached hydrogens (tertiary/aromatic N) is 3. The molecule has 1 saturated heterocycles. The van der Waals surface area contributed by atoms with E-state index in [9.17, 15) is 0 Å². The van der Waals surface area contributed by atoms with Crippen LogP contribution in [0.5, 0.6) is 0 Å². The third-order valence-electron chi connectivity index (χ3n) is 4.09. The van der Waals surface area contributed by atoms with Crippen molar-refractivity contribution < 1.29 is 0 Å². The van der Waals surface area contributed by atoms with E-state index in [1.54, 1.807) is 0 Å². The highest BCUT2D eigenvalue weighted by molar-refractivity contribution is 5.71. The molecular formula is C17H18N4. The summed E-state index contributed by atoms with van der Waals surface area (Å²) in [6, 6.07) is 14.9. The van der Waals surface area contributed by atoms with Gasteiger partial charge in [0.1, 0.15) is 11.3 Å². The highest BCUT2D eigenvalue weighted by Crippen LogP contribution is 2.26. The molecule has 0 spiro atoms. The summed E-state index contributed by atoms with van der Waals surface area (Å²) in [4.78, 5) is 9.37. The van der Waals surface area contributed by atoms with E-state index in [4.69, 9.17) is 4.98 Å². The second-order valence-corrected chi connectivity index (χ2v) is 5.54. The zero-order chi connectivity index (χ0) is 14.1. The van der Waals surface area contributed by atoms with Crippen LogP contribution in [0, 0.1) is 0 Å². The second kappa shape index (κ2) is 5.30. The average Bonchev–Trinajstić information content (AvgIpc) is 3.16. The SMILES string of the molecule is c1ccc(Cn2c(C3CCCN3)nc3cccnc32)cc1. The van der Waals surface area contributed by atoms with Gasteiger partial charge in [0, 0.05) is 6.20 Å². The Morgan fingerprint density at radius 1 is 1.14 bits per heavy atom. The molecule has 0 radical (unpaired) electrons. The second-order valence-electron chi connectivity index (χ2n) is 5.54. The number of rotatable bonds is 3. The molecule has 1 fully saturated rings. The van der Waals surface area contributed by atoms with Crippen LogP contribution in [0.4, 0.5) is 0 Å². The van der Waals surface area contributed by atoms with Crippen molar-refractivity contribution in [1.29, 1.82) is 0 Å². The van der Waals surface area contributed by atoms with Gasteiger partial charge in [-0.2, -0.15) is 0 Å². The fourth-order valence-corrected chi connectivity index (χ4v) is 3.07. The monoisotopic (exact) mass is 278 g/mol. The molecule has 1 aliphatic rings. The van der Waals surface area contributed by atoms with Gasteiger partial charge in [0.05, 0.1) is 12.6 Å². The Kier molecular flexibility index (Phi) is 3.16. The first kappa shape index (κ1) is 12.5. The van der Waals surface area contributed by atoms with Crippen LogP contribution in [0.25, 0.3) is 11.2 Å². The number of hydrogen-bond donors (Lipinski definition) is 1. The van der Waals surface area contributed by atoms with Crippen molar-refractivity contribution in [3.8, 4) is 0 Å². The van der Waals surface area contributed by atoms with Gasteiger partial charge in [-0.25, -0.2) is 9.97 Å². The zero-order valence-electron chi connectivity index (χ0n) is 11.9. The Bertz CT molecular complexity index is 742. The quantitative estimate of drug-likeness (QED) is 0.801. The molecule has 1 aliphatic heterocycles. The summed E-state index contributed by atoms with van der Waals surface area (Å²) in [6.07, 6.45) is 4.21. The summed E-state index contributed by atoms with van der Waals surface area (Å²) < 4.78 is 2.26. The summed E-state index contributed by atoms with van der Waals surface area (Å²) in [7, 11) is 0. The van der Waals surface area contributed by atoms with E-state index in [1.165, 1.54) is 12.0 Å². The first-order valence-electron chi connectivity index (χ1n) is 7.50. The average molecular weight is 278 g/mol. The Hall–Kier alpha value is -2.20. The Balaban J connectivity index is 1.82. The van der Waals surface area contributed by atoms with Crippen LogP contribution in [-0.4, -0.2) is 21.1 Å². The van der Waals surface area contributed by atoms with Crippen molar-refractivity contribution in [2.75, 3.05) is 6.54 Å². The van der Waals surface area contributed by atoms with Gasteiger partial charge >= 0.3 is 0 Å². The van der Waals surface area contributed by atoms with Crippen LogP contribution in [0.2, 0.25) is 0 Å². The Labute approximate surface area is 123 Å². The molecule has 0 amide bonds. The molecule has 4 nitrogen and oxygen atoms in total. The van der Waals surface area contributed by atoms with Gasteiger partial charge < -0.3 is 9.88 Å². The van der Waals surface area contributed by atoms with Crippen LogP contribution >= 0.6 is 0 Å². The number of fused-ring (bicyclic) bond motifs is 1. The van der Waals surface area contributed by atoms with Gasteiger partial charge in [-0.3, -0.25) is 0 Å². The normalized spacial score (nSPS) is 18.4. The first-order valence-corrected chi connectivity index (χ1v) is 7.50. The third-order valence-corrected chi connectivity index (χ3v) is 4.09. The molecule has 1 unspecified atom stereocenters. The number of benzene rings is 1. The lowest BCUT2D eigenvalue weighted by Gasteiger charge is -2.13. The van der Waals surface area contributed by atoms with E-state index in [-0.39, 0.29) is 0 Å². The highest BCUT2D eigenvalue weighted by Gasteiger charge is 2.23. The van der Waals surface area contributed by atoms with Crippen molar-refractivity contribution in [1.82, 2.24) is 19.9 Å². The molecule has 0 bridgehead atoms. The molecule has 1 N–H and O–H groups in total. The molecule has 2 aromatic heterocycles. The predicted octanol–water partition coefficient (Wildman–Crippen LogP) is 2.90. The zero-order valence-corrected chi connectivity index (χ0v) is 11.9. The van der Waals surface area contributed by atoms with E-state index in [2.05, 4.69) is 39.1 Å². The maximum absolute atomic E-state index is 4.83. The number of hydrogen-bond acceptors (Lipinski definition) is 3. The van der Waals surface area contributed by atoms with Crippen molar-refractivity contribution in [3.63, 3.8) is 0 Å². The summed E-state index contributed by atoms with van der Waals surface area (Å²) in [5, 5.41) is 3.55. The van der Waals surface area contributed by atoms with Gasteiger partial charge in [-0.15, -0.1) is 0 Å². The Morgan fingerprint density at radius 3 is 2.86 bits per heavy atom. The molecule has 0 aliphatic carbocycles. The number of pyridine rings is 1. The van der Waals surface area contributed by atoms with E-state index >= 15 is 0 Å². The lowest BCUT2D eigenvalue weighted by Crippen LogP contribution is -2.18. The van der Waals surface area contributed by atoms with Gasteiger partial charge in [0.2, 0.25) is 0 Å². The van der Waals surface area contributed by atoms with Crippen molar-refractivity contribution in [2.45, 2.75) is 25.4 Å².